The number of ether oxygens (including phenoxy) is 1. The first-order valence-corrected chi connectivity index (χ1v) is 4.85. The Morgan fingerprint density at radius 3 is 2.29 bits per heavy atom. The number of rotatable bonds is 4. The summed E-state index contributed by atoms with van der Waals surface area (Å²) in [6, 6.07) is 7.56. The van der Waals surface area contributed by atoms with Crippen LogP contribution < -0.4 is 16.2 Å². The van der Waals surface area contributed by atoms with Crippen molar-refractivity contribution in [2.24, 2.45) is 5.73 Å². The minimum Gasteiger partial charge on any atom is -0.491 e. The van der Waals surface area contributed by atoms with Crippen molar-refractivity contribution in [3.63, 3.8) is 0 Å². The first kappa shape index (κ1) is 10.9. The topological polar surface area (TPSA) is 61.3 Å². The number of nitrogens with two attached hydrogens (primary N) is 2. The van der Waals surface area contributed by atoms with Crippen LogP contribution in [0, 0.1) is 0 Å². The van der Waals surface area contributed by atoms with Crippen molar-refractivity contribution in [1.29, 1.82) is 0 Å². The van der Waals surface area contributed by atoms with E-state index in [1.165, 1.54) is 0 Å². The van der Waals surface area contributed by atoms with Crippen molar-refractivity contribution in [3.8, 4) is 5.75 Å². The van der Waals surface area contributed by atoms with Crippen LogP contribution in [0.2, 0.25) is 0 Å². The highest BCUT2D eigenvalue weighted by atomic mass is 16.5. The van der Waals surface area contributed by atoms with Gasteiger partial charge in [0.05, 0.1) is 6.10 Å². The highest BCUT2D eigenvalue weighted by Crippen LogP contribution is 2.15. The molecule has 0 aliphatic rings. The Labute approximate surface area is 85.0 Å². The van der Waals surface area contributed by atoms with E-state index in [1.807, 2.05) is 38.1 Å². The molecule has 0 bridgehead atoms. The molecule has 0 heterocycles. The summed E-state index contributed by atoms with van der Waals surface area (Å²) in [5.74, 6) is 0.840. The van der Waals surface area contributed by atoms with Gasteiger partial charge in [-0.15, -0.1) is 0 Å². The third kappa shape index (κ3) is 3.66. The van der Waals surface area contributed by atoms with E-state index in [2.05, 4.69) is 0 Å². The molecule has 0 aliphatic heterocycles. The quantitative estimate of drug-likeness (QED) is 0.718. The first-order valence-electron chi connectivity index (χ1n) is 4.85. The molecule has 78 valence electrons. The summed E-state index contributed by atoms with van der Waals surface area (Å²) in [6.07, 6.45) is 0.989. The fraction of sp³-hybridized carbons (Fsp3) is 0.455. The monoisotopic (exact) mass is 194 g/mol. The summed E-state index contributed by atoms with van der Waals surface area (Å²) >= 11 is 0. The zero-order chi connectivity index (χ0) is 10.6. The molecule has 2 unspecified atom stereocenters. The molecule has 14 heavy (non-hydrogen) atoms. The van der Waals surface area contributed by atoms with E-state index in [4.69, 9.17) is 16.2 Å². The van der Waals surface area contributed by atoms with E-state index in [0.29, 0.717) is 0 Å². The summed E-state index contributed by atoms with van der Waals surface area (Å²) < 4.78 is 5.64. The van der Waals surface area contributed by atoms with Crippen LogP contribution in [0.3, 0.4) is 0 Å². The van der Waals surface area contributed by atoms with Gasteiger partial charge in [0.25, 0.3) is 0 Å². The van der Waals surface area contributed by atoms with E-state index in [1.54, 1.807) is 0 Å². The first-order chi connectivity index (χ1) is 6.58. The Kier molecular flexibility index (Phi) is 3.77. The van der Waals surface area contributed by atoms with Gasteiger partial charge in [0.2, 0.25) is 0 Å². The molecule has 4 N–H and O–H groups in total. The SMILES string of the molecule is CC(N)CC(C)Oc1ccc(N)cc1. The van der Waals surface area contributed by atoms with Crippen molar-refractivity contribution < 1.29 is 4.74 Å². The van der Waals surface area contributed by atoms with Crippen molar-refractivity contribution in [3.05, 3.63) is 24.3 Å². The van der Waals surface area contributed by atoms with Gasteiger partial charge >= 0.3 is 0 Å². The van der Waals surface area contributed by atoms with Gasteiger partial charge in [0.15, 0.2) is 0 Å². The minimum atomic E-state index is 0.138. The predicted octanol–water partition coefficient (Wildman–Crippen LogP) is 1.77. The summed E-state index contributed by atoms with van der Waals surface area (Å²) in [6.45, 7) is 3.99. The molecule has 0 aliphatic carbocycles. The van der Waals surface area contributed by atoms with Gasteiger partial charge in [-0.25, -0.2) is 0 Å². The van der Waals surface area contributed by atoms with Crippen LogP contribution in [0.1, 0.15) is 20.3 Å². The Balaban J connectivity index is 2.47. The molecule has 0 saturated heterocycles. The van der Waals surface area contributed by atoms with E-state index < -0.39 is 0 Å². The average molecular weight is 194 g/mol. The average Bonchev–Trinajstić information content (AvgIpc) is 2.07. The van der Waals surface area contributed by atoms with Crippen molar-refractivity contribution in [2.45, 2.75) is 32.4 Å². The van der Waals surface area contributed by atoms with Crippen LogP contribution in [-0.4, -0.2) is 12.1 Å². The van der Waals surface area contributed by atoms with Gasteiger partial charge in [-0.2, -0.15) is 0 Å². The number of benzene rings is 1. The molecule has 0 spiro atoms. The molecule has 0 fully saturated rings. The second-order valence-corrected chi connectivity index (χ2v) is 3.71. The van der Waals surface area contributed by atoms with Gasteiger partial charge in [-0.1, -0.05) is 0 Å². The molecule has 3 nitrogen and oxygen atoms in total. The smallest absolute Gasteiger partial charge is 0.119 e. The van der Waals surface area contributed by atoms with Crippen molar-refractivity contribution in [1.82, 2.24) is 0 Å². The Bertz CT molecular complexity index is 269. The van der Waals surface area contributed by atoms with Gasteiger partial charge in [0, 0.05) is 11.7 Å². The predicted molar refractivity (Wildman–Crippen MR) is 59.2 cm³/mol. The zero-order valence-electron chi connectivity index (χ0n) is 8.73. The number of nitrogen functional groups attached to an aromatic ring is 1. The molecule has 3 heteroatoms. The summed E-state index contributed by atoms with van der Waals surface area (Å²) in [5.41, 5.74) is 12.0. The number of hydrogen-bond donors (Lipinski definition) is 2. The largest absolute Gasteiger partial charge is 0.491 e. The summed E-state index contributed by atoms with van der Waals surface area (Å²) in [4.78, 5) is 0. The Morgan fingerprint density at radius 1 is 1.21 bits per heavy atom. The van der Waals surface area contributed by atoms with E-state index in [0.717, 1.165) is 17.9 Å². The second-order valence-electron chi connectivity index (χ2n) is 3.71. The van der Waals surface area contributed by atoms with Gasteiger partial charge in [-0.3, -0.25) is 0 Å². The molecule has 1 aromatic carbocycles. The van der Waals surface area contributed by atoms with Crippen molar-refractivity contribution >= 4 is 5.69 Å². The van der Waals surface area contributed by atoms with Crippen LogP contribution >= 0.6 is 0 Å². The number of anilines is 1. The van der Waals surface area contributed by atoms with Gasteiger partial charge in [0.1, 0.15) is 5.75 Å². The molecule has 1 rings (SSSR count). The fourth-order valence-electron chi connectivity index (χ4n) is 1.35. The zero-order valence-corrected chi connectivity index (χ0v) is 8.73. The highest BCUT2D eigenvalue weighted by Gasteiger charge is 2.06. The Hall–Kier alpha value is -1.22. The highest BCUT2D eigenvalue weighted by molar-refractivity contribution is 5.41. The normalized spacial score (nSPS) is 14.8. The van der Waals surface area contributed by atoms with Crippen LogP contribution in [0.4, 0.5) is 5.69 Å². The van der Waals surface area contributed by atoms with Gasteiger partial charge < -0.3 is 16.2 Å². The lowest BCUT2D eigenvalue weighted by Gasteiger charge is -2.16. The van der Waals surface area contributed by atoms with Crippen LogP contribution in [0.15, 0.2) is 24.3 Å². The molecule has 0 radical (unpaired) electrons. The molecule has 0 amide bonds. The van der Waals surface area contributed by atoms with E-state index >= 15 is 0 Å². The van der Waals surface area contributed by atoms with Crippen LogP contribution in [0.5, 0.6) is 5.75 Å². The minimum absolute atomic E-state index is 0.138. The third-order valence-corrected chi connectivity index (χ3v) is 1.92. The molecule has 0 aromatic heterocycles. The van der Waals surface area contributed by atoms with E-state index in [9.17, 15) is 0 Å². The summed E-state index contributed by atoms with van der Waals surface area (Å²) in [5, 5.41) is 0. The molecule has 0 saturated carbocycles. The lowest BCUT2D eigenvalue weighted by Crippen LogP contribution is -2.24. The van der Waals surface area contributed by atoms with E-state index in [-0.39, 0.29) is 12.1 Å². The fourth-order valence-corrected chi connectivity index (χ4v) is 1.35. The summed E-state index contributed by atoms with van der Waals surface area (Å²) in [7, 11) is 0. The maximum absolute atomic E-state index is 5.67. The molecule has 1 aromatic rings. The standard InChI is InChI=1S/C11H18N2O/c1-8(12)7-9(2)14-11-5-3-10(13)4-6-11/h3-6,8-9H,7,12-13H2,1-2H3. The maximum Gasteiger partial charge on any atom is 0.119 e. The molecular weight excluding hydrogens is 176 g/mol. The van der Waals surface area contributed by atoms with Crippen LogP contribution in [0.25, 0.3) is 0 Å². The lowest BCUT2D eigenvalue weighted by atomic mass is 10.2. The Morgan fingerprint density at radius 2 is 1.79 bits per heavy atom. The lowest BCUT2D eigenvalue weighted by molar-refractivity contribution is 0.203. The van der Waals surface area contributed by atoms with Gasteiger partial charge in [-0.05, 0) is 44.5 Å². The molecular formula is C11H18N2O. The van der Waals surface area contributed by atoms with Crippen LogP contribution in [-0.2, 0) is 0 Å². The third-order valence-electron chi connectivity index (χ3n) is 1.92. The maximum atomic E-state index is 5.67. The number of hydrogen-bond acceptors (Lipinski definition) is 3. The second kappa shape index (κ2) is 4.86. The van der Waals surface area contributed by atoms with Crippen molar-refractivity contribution in [2.75, 3.05) is 5.73 Å². The molecule has 2 atom stereocenters.